The Balaban J connectivity index is 2.27. The quantitative estimate of drug-likeness (QED) is 0.651. The maximum atomic E-state index is 12.0. The highest BCUT2D eigenvalue weighted by molar-refractivity contribution is 6.76. The highest BCUT2D eigenvalue weighted by Gasteiger charge is 2.33. The average Bonchev–Trinajstić information content (AvgIpc) is 2.93. The Bertz CT molecular complexity index is 365. The molecule has 0 spiro atoms. The maximum Gasteiger partial charge on any atom is 0.409 e. The number of ether oxygens (including phenoxy) is 2. The molecule has 1 saturated carbocycles. The Morgan fingerprint density at radius 3 is 2.43 bits per heavy atom. The molecule has 0 heterocycles. The molecule has 1 aliphatic rings. The van der Waals surface area contributed by atoms with E-state index in [-0.39, 0.29) is 17.7 Å². The highest BCUT2D eigenvalue weighted by atomic mass is 28.3. The zero-order valence-electron chi connectivity index (χ0n) is 15.7. The molecular weight excluding hydrogens is 308 g/mol. The molecule has 0 aliphatic heterocycles. The Kier molecular flexibility index (Phi) is 8.04. The summed E-state index contributed by atoms with van der Waals surface area (Å²) in [4.78, 5) is 13.6. The van der Waals surface area contributed by atoms with Gasteiger partial charge >= 0.3 is 6.09 Å². The van der Waals surface area contributed by atoms with E-state index in [1.165, 1.54) is 12.8 Å². The molecule has 136 valence electrons. The van der Waals surface area contributed by atoms with Crippen LogP contribution in [0.25, 0.3) is 0 Å². The van der Waals surface area contributed by atoms with E-state index in [1.807, 2.05) is 0 Å². The number of methoxy groups -OCH3 is 1. The van der Waals surface area contributed by atoms with Crippen LogP contribution in [0.2, 0.25) is 25.7 Å². The molecule has 1 amide bonds. The van der Waals surface area contributed by atoms with Gasteiger partial charge in [0.15, 0.2) is 0 Å². The number of hydrogen-bond acceptors (Lipinski definition) is 4. The van der Waals surface area contributed by atoms with Crippen LogP contribution in [0.15, 0.2) is 0 Å². The molecule has 6 heteroatoms. The first-order valence-electron chi connectivity index (χ1n) is 8.86. The van der Waals surface area contributed by atoms with Gasteiger partial charge in [-0.15, -0.1) is 0 Å². The van der Waals surface area contributed by atoms with Crippen molar-refractivity contribution < 1.29 is 14.3 Å². The number of hydrogen-bond donors (Lipinski definition) is 1. The fourth-order valence-electron chi connectivity index (χ4n) is 3.10. The second-order valence-electron chi connectivity index (χ2n) is 8.20. The molecule has 1 fully saturated rings. The van der Waals surface area contributed by atoms with E-state index in [1.54, 1.807) is 19.1 Å². The Labute approximate surface area is 142 Å². The van der Waals surface area contributed by atoms with Crippen LogP contribution in [-0.2, 0) is 9.47 Å². The normalized spacial score (nSPS) is 18.7. The van der Waals surface area contributed by atoms with Crippen molar-refractivity contribution >= 4 is 14.2 Å². The first-order valence-corrected chi connectivity index (χ1v) is 12.6. The Morgan fingerprint density at radius 2 is 1.91 bits per heavy atom. The summed E-state index contributed by atoms with van der Waals surface area (Å²) in [5.41, 5.74) is 6.23. The van der Waals surface area contributed by atoms with Crippen molar-refractivity contribution in [3.05, 3.63) is 0 Å². The molecule has 1 atom stereocenters. The average molecular weight is 345 g/mol. The summed E-state index contributed by atoms with van der Waals surface area (Å²) in [7, 11) is 2.40. The maximum absolute atomic E-state index is 12.0. The van der Waals surface area contributed by atoms with Gasteiger partial charge in [0.2, 0.25) is 0 Å². The van der Waals surface area contributed by atoms with Crippen molar-refractivity contribution in [2.75, 3.05) is 27.3 Å². The summed E-state index contributed by atoms with van der Waals surface area (Å²) in [6.07, 6.45) is 6.33. The van der Waals surface area contributed by atoms with Crippen LogP contribution in [0.4, 0.5) is 4.79 Å². The van der Waals surface area contributed by atoms with E-state index in [0.717, 1.165) is 31.7 Å². The molecule has 0 aromatic rings. The number of nitrogens with two attached hydrogens (primary N) is 1. The van der Waals surface area contributed by atoms with Gasteiger partial charge in [0.25, 0.3) is 0 Å². The highest BCUT2D eigenvalue weighted by Crippen LogP contribution is 2.36. The lowest BCUT2D eigenvalue weighted by atomic mass is 9.93. The largest absolute Gasteiger partial charge is 0.450 e. The van der Waals surface area contributed by atoms with Crippen LogP contribution in [0.1, 0.15) is 38.5 Å². The minimum absolute atomic E-state index is 0.0219. The van der Waals surface area contributed by atoms with Crippen molar-refractivity contribution in [1.29, 1.82) is 0 Å². The van der Waals surface area contributed by atoms with Crippen molar-refractivity contribution in [3.8, 4) is 0 Å². The van der Waals surface area contributed by atoms with Gasteiger partial charge in [-0.2, -0.15) is 0 Å². The van der Waals surface area contributed by atoms with Crippen LogP contribution in [-0.4, -0.2) is 58.0 Å². The molecule has 0 aromatic carbocycles. The molecule has 1 unspecified atom stereocenters. The first-order chi connectivity index (χ1) is 10.7. The fourth-order valence-corrected chi connectivity index (χ4v) is 3.81. The third-order valence-electron chi connectivity index (χ3n) is 4.82. The lowest BCUT2D eigenvalue weighted by Gasteiger charge is -2.29. The zero-order chi connectivity index (χ0) is 17.5. The third kappa shape index (κ3) is 7.68. The van der Waals surface area contributed by atoms with Crippen LogP contribution >= 0.6 is 0 Å². The molecule has 1 rings (SSSR count). The third-order valence-corrected chi connectivity index (χ3v) is 6.52. The molecule has 23 heavy (non-hydrogen) atoms. The lowest BCUT2D eigenvalue weighted by molar-refractivity contribution is -0.0144. The van der Waals surface area contributed by atoms with Gasteiger partial charge in [0.1, 0.15) is 0 Å². The van der Waals surface area contributed by atoms with E-state index in [9.17, 15) is 4.79 Å². The summed E-state index contributed by atoms with van der Waals surface area (Å²) < 4.78 is 11.1. The molecule has 0 aromatic heterocycles. The van der Waals surface area contributed by atoms with Gasteiger partial charge in [0.05, 0.1) is 12.2 Å². The van der Waals surface area contributed by atoms with Gasteiger partial charge in [-0.05, 0) is 31.7 Å². The van der Waals surface area contributed by atoms with Gasteiger partial charge in [-0.25, -0.2) is 4.79 Å². The minimum Gasteiger partial charge on any atom is -0.450 e. The summed E-state index contributed by atoms with van der Waals surface area (Å²) >= 11 is 0. The van der Waals surface area contributed by atoms with Gasteiger partial charge in [-0.3, -0.25) is 0 Å². The van der Waals surface area contributed by atoms with E-state index < -0.39 is 8.07 Å². The standard InChI is InChI=1S/C17H36N2O3Si/c1-19(16(20)22-12-13-23(3,4)5)14-15(18)8-11-17(21-2)9-6-7-10-17/h15H,6-14,18H2,1-5H3. The molecule has 1 aliphatic carbocycles. The summed E-state index contributed by atoms with van der Waals surface area (Å²) in [6, 6.07) is 0.965. The summed E-state index contributed by atoms with van der Waals surface area (Å²) in [5.74, 6) is 0. The molecule has 0 radical (unpaired) electrons. The van der Waals surface area contributed by atoms with Crippen molar-refractivity contribution in [1.82, 2.24) is 4.90 Å². The zero-order valence-corrected chi connectivity index (χ0v) is 16.7. The SMILES string of the molecule is COC1(CCC(N)CN(C)C(=O)OCC[Si](C)(C)C)CCCC1. The predicted octanol–water partition coefficient (Wildman–Crippen LogP) is 3.46. The number of nitrogens with zero attached hydrogens (tertiary/aromatic N) is 1. The fraction of sp³-hybridized carbons (Fsp3) is 0.941. The summed E-state index contributed by atoms with van der Waals surface area (Å²) in [5, 5.41) is 0. The van der Waals surface area contributed by atoms with Crippen LogP contribution < -0.4 is 5.73 Å². The monoisotopic (exact) mass is 344 g/mol. The number of likely N-dealkylation sites (N-methyl/N-ethyl adjacent to an activating group) is 1. The van der Waals surface area contributed by atoms with Crippen molar-refractivity contribution in [2.24, 2.45) is 5.73 Å². The predicted molar refractivity (Wildman–Crippen MR) is 97.5 cm³/mol. The Morgan fingerprint density at radius 1 is 1.30 bits per heavy atom. The minimum atomic E-state index is -1.17. The molecule has 5 nitrogen and oxygen atoms in total. The number of carbonyl (C=O) groups excluding carboxylic acids is 1. The smallest absolute Gasteiger partial charge is 0.409 e. The number of carbonyl (C=O) groups is 1. The first kappa shape index (κ1) is 20.5. The van der Waals surface area contributed by atoms with Crippen molar-refractivity contribution in [2.45, 2.75) is 75.9 Å². The number of rotatable bonds is 9. The number of amides is 1. The van der Waals surface area contributed by atoms with Crippen LogP contribution in [0.3, 0.4) is 0 Å². The van der Waals surface area contributed by atoms with Crippen LogP contribution in [0, 0.1) is 0 Å². The van der Waals surface area contributed by atoms with Gasteiger partial charge in [-0.1, -0.05) is 32.5 Å². The van der Waals surface area contributed by atoms with E-state index in [0.29, 0.717) is 13.2 Å². The van der Waals surface area contributed by atoms with Crippen LogP contribution in [0.5, 0.6) is 0 Å². The van der Waals surface area contributed by atoms with E-state index >= 15 is 0 Å². The van der Waals surface area contributed by atoms with E-state index in [4.69, 9.17) is 15.2 Å². The topological polar surface area (TPSA) is 64.8 Å². The molecule has 0 bridgehead atoms. The second-order valence-corrected chi connectivity index (χ2v) is 13.8. The molecule has 2 N–H and O–H groups in total. The Hall–Kier alpha value is -0.593. The lowest BCUT2D eigenvalue weighted by Crippen LogP contribution is -2.41. The van der Waals surface area contributed by atoms with Gasteiger partial charge < -0.3 is 20.1 Å². The van der Waals surface area contributed by atoms with Gasteiger partial charge in [0, 0.05) is 34.8 Å². The summed E-state index contributed by atoms with van der Waals surface area (Å²) in [6.45, 7) is 7.87. The molecular formula is C17H36N2O3Si. The van der Waals surface area contributed by atoms with E-state index in [2.05, 4.69) is 19.6 Å². The molecule has 0 saturated heterocycles. The second kappa shape index (κ2) is 9.04. The van der Waals surface area contributed by atoms with Crippen molar-refractivity contribution in [3.63, 3.8) is 0 Å².